The zero-order valence-electron chi connectivity index (χ0n) is 14.3. The molecule has 2 N–H and O–H groups in total. The number of carbonyl (C=O) groups is 3. The first-order valence-electron chi connectivity index (χ1n) is 7.59. The third-order valence-corrected chi connectivity index (χ3v) is 3.07. The number of hydrogen-bond donors (Lipinski definition) is 2. The number of hydrogen-bond acceptors (Lipinski definition) is 5. The van der Waals surface area contributed by atoms with Crippen molar-refractivity contribution < 1.29 is 23.9 Å². The minimum atomic E-state index is -1.00. The lowest BCUT2D eigenvalue weighted by Gasteiger charge is -2.17. The van der Waals surface area contributed by atoms with Gasteiger partial charge in [-0.2, -0.15) is 0 Å². The molecule has 0 spiro atoms. The summed E-state index contributed by atoms with van der Waals surface area (Å²) in [6.45, 7) is 4.99. The first-order valence-corrected chi connectivity index (χ1v) is 7.59. The highest BCUT2D eigenvalue weighted by atomic mass is 16.5. The van der Waals surface area contributed by atoms with E-state index in [4.69, 9.17) is 4.74 Å². The molecule has 2 amide bonds. The molecule has 0 aliphatic rings. The fraction of sp³-hybridized carbons (Fsp3) is 0.278. The van der Waals surface area contributed by atoms with Gasteiger partial charge < -0.3 is 20.1 Å². The highest BCUT2D eigenvalue weighted by Gasteiger charge is 2.22. The van der Waals surface area contributed by atoms with Crippen molar-refractivity contribution in [3.8, 4) is 0 Å². The molecule has 0 bridgehead atoms. The Morgan fingerprint density at radius 1 is 1.24 bits per heavy atom. The fourth-order valence-corrected chi connectivity index (χ4v) is 1.78. The largest absolute Gasteiger partial charge is 0.468 e. The maximum atomic E-state index is 12.0. The van der Waals surface area contributed by atoms with E-state index < -0.39 is 24.0 Å². The molecule has 1 unspecified atom stereocenters. The summed E-state index contributed by atoms with van der Waals surface area (Å²) in [5.41, 5.74) is 1.38. The molecule has 1 rings (SSSR count). The molecule has 0 aromatic heterocycles. The maximum Gasteiger partial charge on any atom is 0.408 e. The van der Waals surface area contributed by atoms with Crippen molar-refractivity contribution in [1.29, 1.82) is 0 Å². The number of ether oxygens (including phenoxy) is 2. The SMILES string of the molecule is C=C(C)C(NC(=O)OC/C=C/c1ccccc1)C(=O)NCC(=O)OC. The molecule has 7 heteroatoms. The second-order valence-electron chi connectivity index (χ2n) is 5.13. The van der Waals surface area contributed by atoms with Gasteiger partial charge in [0.25, 0.3) is 0 Å². The fourth-order valence-electron chi connectivity index (χ4n) is 1.78. The number of carbonyl (C=O) groups excluding carboxylic acids is 3. The Morgan fingerprint density at radius 2 is 1.92 bits per heavy atom. The average Bonchev–Trinajstić information content (AvgIpc) is 2.61. The maximum absolute atomic E-state index is 12.0. The quantitative estimate of drug-likeness (QED) is 0.551. The lowest BCUT2D eigenvalue weighted by molar-refractivity contribution is -0.141. The summed E-state index contributed by atoms with van der Waals surface area (Å²) in [6, 6.07) is 8.54. The van der Waals surface area contributed by atoms with Crippen molar-refractivity contribution in [2.24, 2.45) is 0 Å². The van der Waals surface area contributed by atoms with Gasteiger partial charge in [-0.15, -0.1) is 0 Å². The molecular formula is C18H22N2O5. The van der Waals surface area contributed by atoms with Crippen LogP contribution in [0.4, 0.5) is 4.79 Å². The van der Waals surface area contributed by atoms with Gasteiger partial charge in [0.1, 0.15) is 19.2 Å². The zero-order valence-corrected chi connectivity index (χ0v) is 14.3. The van der Waals surface area contributed by atoms with E-state index in [-0.39, 0.29) is 13.2 Å². The Bertz CT molecular complexity index is 640. The number of methoxy groups -OCH3 is 1. The van der Waals surface area contributed by atoms with Crippen LogP contribution in [0.25, 0.3) is 6.08 Å². The van der Waals surface area contributed by atoms with Crippen molar-refractivity contribution >= 4 is 24.0 Å². The summed E-state index contributed by atoms with van der Waals surface area (Å²) in [5.74, 6) is -1.17. The molecule has 134 valence electrons. The zero-order chi connectivity index (χ0) is 18.7. The second-order valence-corrected chi connectivity index (χ2v) is 5.13. The van der Waals surface area contributed by atoms with Gasteiger partial charge in [-0.05, 0) is 24.1 Å². The Labute approximate surface area is 146 Å². The van der Waals surface area contributed by atoms with E-state index in [0.717, 1.165) is 5.56 Å². The predicted octanol–water partition coefficient (Wildman–Crippen LogP) is 1.66. The molecule has 0 aliphatic heterocycles. The second kappa shape index (κ2) is 10.6. The first kappa shape index (κ1) is 20.0. The van der Waals surface area contributed by atoms with E-state index in [1.165, 1.54) is 7.11 Å². The molecule has 0 aliphatic carbocycles. The van der Waals surface area contributed by atoms with Crippen LogP contribution < -0.4 is 10.6 Å². The van der Waals surface area contributed by atoms with Crippen LogP contribution in [-0.4, -0.2) is 44.3 Å². The van der Waals surface area contributed by atoms with E-state index in [0.29, 0.717) is 5.57 Å². The minimum Gasteiger partial charge on any atom is -0.468 e. The molecule has 7 nitrogen and oxygen atoms in total. The van der Waals surface area contributed by atoms with Gasteiger partial charge in [0.2, 0.25) is 5.91 Å². The standard InChI is InChI=1S/C18H22N2O5/c1-13(2)16(17(22)19-12-15(21)24-3)20-18(23)25-11-7-10-14-8-5-4-6-9-14/h4-10,16H,1,11-12H2,2-3H3,(H,19,22)(H,20,23)/b10-7+. The summed E-state index contributed by atoms with van der Waals surface area (Å²) < 4.78 is 9.42. The Kier molecular flexibility index (Phi) is 8.49. The molecule has 1 aromatic carbocycles. The van der Waals surface area contributed by atoms with Gasteiger partial charge in [-0.25, -0.2) is 4.79 Å². The Hall–Kier alpha value is -3.09. The summed E-state index contributed by atoms with van der Waals surface area (Å²) in [6.07, 6.45) is 2.73. The van der Waals surface area contributed by atoms with Crippen LogP contribution in [0.2, 0.25) is 0 Å². The number of amides is 2. The van der Waals surface area contributed by atoms with Crippen LogP contribution in [0.15, 0.2) is 48.6 Å². The van der Waals surface area contributed by atoms with E-state index in [1.807, 2.05) is 36.4 Å². The van der Waals surface area contributed by atoms with Crippen molar-refractivity contribution in [3.05, 3.63) is 54.1 Å². The monoisotopic (exact) mass is 346 g/mol. The summed E-state index contributed by atoms with van der Waals surface area (Å²) in [7, 11) is 1.21. The van der Waals surface area contributed by atoms with Crippen molar-refractivity contribution in [1.82, 2.24) is 10.6 Å². The van der Waals surface area contributed by atoms with Gasteiger partial charge >= 0.3 is 12.1 Å². The summed E-state index contributed by atoms with van der Waals surface area (Å²) in [4.78, 5) is 34.8. The lowest BCUT2D eigenvalue weighted by Crippen LogP contribution is -2.48. The molecule has 0 saturated heterocycles. The number of alkyl carbamates (subject to hydrolysis) is 1. The van der Waals surface area contributed by atoms with E-state index in [1.54, 1.807) is 13.0 Å². The molecule has 1 aromatic rings. The topological polar surface area (TPSA) is 93.7 Å². The van der Waals surface area contributed by atoms with Crippen LogP contribution in [0.5, 0.6) is 0 Å². The van der Waals surface area contributed by atoms with Crippen LogP contribution in [0, 0.1) is 0 Å². The van der Waals surface area contributed by atoms with Crippen LogP contribution in [0.3, 0.4) is 0 Å². The number of esters is 1. The van der Waals surface area contributed by atoms with Gasteiger partial charge in [0.05, 0.1) is 7.11 Å². The van der Waals surface area contributed by atoms with Gasteiger partial charge in [0, 0.05) is 0 Å². The van der Waals surface area contributed by atoms with Crippen LogP contribution >= 0.6 is 0 Å². The van der Waals surface area contributed by atoms with Crippen molar-refractivity contribution in [3.63, 3.8) is 0 Å². The van der Waals surface area contributed by atoms with E-state index in [9.17, 15) is 14.4 Å². The van der Waals surface area contributed by atoms with Crippen molar-refractivity contribution in [2.75, 3.05) is 20.3 Å². The lowest BCUT2D eigenvalue weighted by atomic mass is 10.1. The summed E-state index contributed by atoms with van der Waals surface area (Å²) >= 11 is 0. The Morgan fingerprint density at radius 3 is 2.52 bits per heavy atom. The summed E-state index contributed by atoms with van der Waals surface area (Å²) in [5, 5.41) is 4.75. The Balaban J connectivity index is 2.45. The molecular weight excluding hydrogens is 324 g/mol. The first-order chi connectivity index (χ1) is 11.9. The van der Waals surface area contributed by atoms with Crippen molar-refractivity contribution in [2.45, 2.75) is 13.0 Å². The third-order valence-electron chi connectivity index (χ3n) is 3.07. The molecule has 1 atom stereocenters. The normalized spacial score (nSPS) is 11.4. The van der Waals surface area contributed by atoms with E-state index >= 15 is 0 Å². The van der Waals surface area contributed by atoms with Gasteiger partial charge in [-0.3, -0.25) is 9.59 Å². The average molecular weight is 346 g/mol. The molecule has 0 saturated carbocycles. The number of rotatable bonds is 8. The van der Waals surface area contributed by atoms with E-state index in [2.05, 4.69) is 21.9 Å². The highest BCUT2D eigenvalue weighted by Crippen LogP contribution is 2.02. The van der Waals surface area contributed by atoms with Crippen LogP contribution in [-0.2, 0) is 19.1 Å². The molecule has 25 heavy (non-hydrogen) atoms. The highest BCUT2D eigenvalue weighted by molar-refractivity contribution is 5.90. The van der Waals surface area contributed by atoms with Gasteiger partial charge in [-0.1, -0.05) is 43.0 Å². The van der Waals surface area contributed by atoms with Crippen LogP contribution in [0.1, 0.15) is 12.5 Å². The predicted molar refractivity (Wildman–Crippen MR) is 93.6 cm³/mol. The minimum absolute atomic E-state index is 0.0490. The third kappa shape index (κ3) is 7.83. The smallest absolute Gasteiger partial charge is 0.408 e. The number of nitrogens with one attached hydrogen (secondary N) is 2. The van der Waals surface area contributed by atoms with Gasteiger partial charge in [0.15, 0.2) is 0 Å². The molecule has 0 heterocycles. The molecule has 0 radical (unpaired) electrons. The molecule has 0 fully saturated rings. The number of benzene rings is 1.